The summed E-state index contributed by atoms with van der Waals surface area (Å²) >= 11 is 0. The van der Waals surface area contributed by atoms with Crippen molar-refractivity contribution in [3.63, 3.8) is 0 Å². The van der Waals surface area contributed by atoms with Crippen molar-refractivity contribution in [3.05, 3.63) is 57.6 Å². The van der Waals surface area contributed by atoms with Crippen LogP contribution in [-0.2, 0) is 26.0 Å². The van der Waals surface area contributed by atoms with Gasteiger partial charge < -0.3 is 14.4 Å². The average molecular weight is 661 g/mol. The summed E-state index contributed by atoms with van der Waals surface area (Å²) in [6.07, 6.45) is -0.589. The first-order chi connectivity index (χ1) is 21.7. The van der Waals surface area contributed by atoms with E-state index in [4.69, 9.17) is 9.47 Å². The van der Waals surface area contributed by atoms with Crippen LogP contribution in [0.25, 0.3) is 11.1 Å². The van der Waals surface area contributed by atoms with Gasteiger partial charge >= 0.3 is 12.1 Å². The van der Waals surface area contributed by atoms with Crippen molar-refractivity contribution >= 4 is 32.8 Å². The molecule has 248 valence electrons. The molecule has 0 bridgehead atoms. The van der Waals surface area contributed by atoms with Gasteiger partial charge in [0.1, 0.15) is 24.6 Å². The zero-order chi connectivity index (χ0) is 33.2. The minimum atomic E-state index is -4.69. The molecule has 1 saturated heterocycles. The van der Waals surface area contributed by atoms with Gasteiger partial charge in [-0.25, -0.2) is 17.3 Å². The van der Waals surface area contributed by atoms with E-state index in [-0.39, 0.29) is 53.0 Å². The number of carbonyl (C=O) groups is 1. The molecule has 4 heterocycles. The summed E-state index contributed by atoms with van der Waals surface area (Å²) in [5.41, 5.74) is 0.878. The van der Waals surface area contributed by atoms with Gasteiger partial charge in [0.25, 0.3) is 0 Å². The first-order valence-electron chi connectivity index (χ1n) is 16.0. The van der Waals surface area contributed by atoms with E-state index < -0.39 is 27.3 Å². The smallest absolute Gasteiger partial charge is 0.417 e. The molecule has 0 radical (unpaired) electrons. The van der Waals surface area contributed by atoms with E-state index in [9.17, 15) is 13.2 Å². The van der Waals surface area contributed by atoms with Crippen LogP contribution in [0, 0.1) is 5.92 Å². The fraction of sp³-hybridized carbons (Fsp3) is 0.529. The van der Waals surface area contributed by atoms with Gasteiger partial charge in [0.05, 0.1) is 36.0 Å². The molecule has 0 N–H and O–H groups in total. The highest BCUT2D eigenvalue weighted by molar-refractivity contribution is 7.89. The quantitative estimate of drug-likeness (QED) is 0.341. The third-order valence-corrected chi connectivity index (χ3v) is 11.6. The standard InChI is InChI=1S/C34H41F3N3O5S/c1-6-38-12-8-9-22-15-25-29(17-27(22)38)45-30-18-28-24(16-26(30)31(25)34(35,36)37)23(19-33(3,4)40(28)7-2)20-46(42,43)39-13-10-21(11-14-39)32(41)44-5/h15-19,21H,6-14,20H2,1-5H3/q+1. The summed E-state index contributed by atoms with van der Waals surface area (Å²) < 4.78 is 87.3. The van der Waals surface area contributed by atoms with E-state index >= 15 is 13.2 Å². The first kappa shape index (κ1) is 32.6. The lowest BCUT2D eigenvalue weighted by atomic mass is 9.85. The van der Waals surface area contributed by atoms with Crippen molar-refractivity contribution in [2.45, 2.75) is 65.1 Å². The molecule has 4 aliphatic rings. The van der Waals surface area contributed by atoms with E-state index in [0.717, 1.165) is 30.4 Å². The summed E-state index contributed by atoms with van der Waals surface area (Å²) in [6.45, 7) is 10.4. The zero-order valence-corrected chi connectivity index (χ0v) is 27.8. The van der Waals surface area contributed by atoms with E-state index in [1.165, 1.54) is 17.5 Å². The first-order valence-corrected chi connectivity index (χ1v) is 17.6. The molecule has 6 rings (SSSR count). The highest BCUT2D eigenvalue weighted by Crippen LogP contribution is 2.48. The van der Waals surface area contributed by atoms with Gasteiger partial charge in [0.2, 0.25) is 15.4 Å². The largest absolute Gasteiger partial charge is 0.469 e. The second-order valence-electron chi connectivity index (χ2n) is 13.0. The Kier molecular flexibility index (Phi) is 8.28. The van der Waals surface area contributed by atoms with Crippen molar-refractivity contribution in [2.75, 3.05) is 50.5 Å². The van der Waals surface area contributed by atoms with Crippen molar-refractivity contribution in [1.29, 1.82) is 0 Å². The Balaban J connectivity index is 1.48. The molecule has 46 heavy (non-hydrogen) atoms. The number of methoxy groups -OCH3 is 1. The highest BCUT2D eigenvalue weighted by atomic mass is 32.2. The van der Waals surface area contributed by atoms with Gasteiger partial charge in [-0.3, -0.25) is 4.79 Å². The van der Waals surface area contributed by atoms with Crippen LogP contribution in [0.3, 0.4) is 0 Å². The number of fused-ring (bicyclic) bond motifs is 4. The minimum Gasteiger partial charge on any atom is -0.469 e. The number of sulfonamides is 1. The number of benzene rings is 2. The highest BCUT2D eigenvalue weighted by Gasteiger charge is 2.43. The number of halogens is 3. The van der Waals surface area contributed by atoms with Crippen LogP contribution in [0.4, 0.5) is 18.9 Å². The molecule has 0 atom stereocenters. The number of likely N-dealkylation sites (N-methyl/N-ethyl adjacent to an activating group) is 1. The topological polar surface area (TPSA) is 79.2 Å². The summed E-state index contributed by atoms with van der Waals surface area (Å²) in [7, 11) is -2.54. The molecule has 1 fully saturated rings. The van der Waals surface area contributed by atoms with Crippen molar-refractivity contribution in [1.82, 2.24) is 8.88 Å². The fourth-order valence-electron chi connectivity index (χ4n) is 7.61. The van der Waals surface area contributed by atoms with Gasteiger partial charge in [-0.15, -0.1) is 0 Å². The maximum atomic E-state index is 15.0. The summed E-state index contributed by atoms with van der Waals surface area (Å²) in [6, 6.07) is 6.47. The van der Waals surface area contributed by atoms with E-state index in [1.807, 2.05) is 33.8 Å². The summed E-state index contributed by atoms with van der Waals surface area (Å²) in [5, 5.41) is 0.907. The Hall–Kier alpha value is -3.38. The number of rotatable bonds is 6. The molecule has 8 nitrogen and oxygen atoms in total. The maximum absolute atomic E-state index is 15.0. The number of anilines is 1. The van der Waals surface area contributed by atoms with Gasteiger partial charge in [-0.2, -0.15) is 13.2 Å². The Morgan fingerprint density at radius 3 is 2.43 bits per heavy atom. The lowest BCUT2D eigenvalue weighted by molar-refractivity contribution is -0.146. The molecule has 2 aromatic carbocycles. The van der Waals surface area contributed by atoms with Crippen LogP contribution in [0.2, 0.25) is 0 Å². The number of aryl methyl sites for hydroxylation is 1. The number of hydrogen-bond acceptors (Lipinski definition) is 6. The van der Waals surface area contributed by atoms with E-state index in [0.29, 0.717) is 42.6 Å². The molecule has 0 spiro atoms. The van der Waals surface area contributed by atoms with E-state index in [2.05, 4.69) is 9.48 Å². The second kappa shape index (κ2) is 11.7. The average Bonchev–Trinajstić information content (AvgIpc) is 3.00. The van der Waals surface area contributed by atoms with Crippen LogP contribution in [0.1, 0.15) is 63.6 Å². The van der Waals surface area contributed by atoms with Crippen LogP contribution in [0.15, 0.2) is 30.3 Å². The Morgan fingerprint density at radius 2 is 1.80 bits per heavy atom. The molecule has 0 amide bonds. The molecule has 0 aliphatic carbocycles. The molecular weight excluding hydrogens is 619 g/mol. The van der Waals surface area contributed by atoms with Gasteiger partial charge in [-0.1, -0.05) is 6.08 Å². The monoisotopic (exact) mass is 660 g/mol. The molecular formula is C34H41F3N3O5S+. The Labute approximate surface area is 267 Å². The van der Waals surface area contributed by atoms with Gasteiger partial charge in [0, 0.05) is 59.7 Å². The van der Waals surface area contributed by atoms with Crippen molar-refractivity contribution in [2.24, 2.45) is 5.92 Å². The van der Waals surface area contributed by atoms with Crippen LogP contribution >= 0.6 is 0 Å². The number of nitrogens with zero attached hydrogens (tertiary/aromatic N) is 3. The lowest BCUT2D eigenvalue weighted by Gasteiger charge is -2.44. The van der Waals surface area contributed by atoms with Crippen molar-refractivity contribution < 1.29 is 35.9 Å². The lowest BCUT2D eigenvalue weighted by Crippen LogP contribution is -2.46. The third-order valence-electron chi connectivity index (χ3n) is 9.81. The Morgan fingerprint density at radius 1 is 1.09 bits per heavy atom. The number of hydrogen-bond donors (Lipinski definition) is 0. The third kappa shape index (κ3) is 5.61. The van der Waals surface area contributed by atoms with Crippen LogP contribution < -0.4 is 24.8 Å². The molecule has 0 saturated carbocycles. The van der Waals surface area contributed by atoms with Gasteiger partial charge in [-0.05, 0) is 64.7 Å². The van der Waals surface area contributed by atoms with E-state index in [1.54, 1.807) is 18.2 Å². The zero-order valence-electron chi connectivity index (χ0n) is 27.0. The van der Waals surface area contributed by atoms with Gasteiger partial charge in [0.15, 0.2) is 0 Å². The fourth-order valence-corrected chi connectivity index (χ4v) is 9.19. The molecule has 0 unspecified atom stereocenters. The molecule has 2 aromatic rings. The number of carbonyl (C=O) groups excluding carboxylic acids is 1. The molecule has 0 aromatic heterocycles. The minimum absolute atomic E-state index is 0.00627. The number of alkyl halides is 3. The second-order valence-corrected chi connectivity index (χ2v) is 15.0. The predicted molar refractivity (Wildman–Crippen MR) is 171 cm³/mol. The number of ether oxygens (including phenoxy) is 2. The summed E-state index contributed by atoms with van der Waals surface area (Å²) in [4.78, 5) is 14.1. The SMILES string of the molecule is CCN1c2cc3c(cc2C(CS(=O)(=O)N2CCC(C(=O)OC)CC2)=CC1(C)C)C(C(F)(F)F)=c1cc2c(cc1O3)=[N+](CC)CCC2. The molecule has 12 heteroatoms. The number of piperidine rings is 1. The normalized spacial score (nSPS) is 19.8. The predicted octanol–water partition coefficient (Wildman–Crippen LogP) is 4.23. The van der Waals surface area contributed by atoms with Crippen LogP contribution in [0.5, 0.6) is 11.5 Å². The van der Waals surface area contributed by atoms with Crippen molar-refractivity contribution in [3.8, 4) is 11.5 Å². The molecule has 4 aliphatic heterocycles. The Bertz CT molecular complexity index is 1860. The number of esters is 1. The van der Waals surface area contributed by atoms with Crippen LogP contribution in [-0.4, -0.2) is 76.0 Å². The summed E-state index contributed by atoms with van der Waals surface area (Å²) in [5.74, 6) is -0.811. The maximum Gasteiger partial charge on any atom is 0.417 e.